The van der Waals surface area contributed by atoms with E-state index in [0.717, 1.165) is 5.56 Å². The van der Waals surface area contributed by atoms with Crippen molar-refractivity contribution in [2.75, 3.05) is 13.1 Å². The van der Waals surface area contributed by atoms with Gasteiger partial charge in [-0.25, -0.2) is 0 Å². The first-order valence-corrected chi connectivity index (χ1v) is 8.69. The first kappa shape index (κ1) is 16.9. The van der Waals surface area contributed by atoms with Crippen LogP contribution >= 0.6 is 0 Å². The maximum absolute atomic E-state index is 13.3. The standard InChI is InChI=1S/C19H18N6O2/c26-18-16(12-13-6-2-1-3-7-13)25(11-10-20-18)19(27)15-9-5-4-8-14(15)17-21-23-24-22-17/h1-9,16H,10-12H2,(H,20,26)(H,21,22,23,24)/t16-/m0/s1. The molecule has 1 saturated heterocycles. The molecule has 0 bridgehead atoms. The highest BCUT2D eigenvalue weighted by atomic mass is 16.2. The molecule has 1 aliphatic rings. The second-order valence-corrected chi connectivity index (χ2v) is 6.28. The predicted octanol–water partition coefficient (Wildman–Crippen LogP) is 1.05. The maximum Gasteiger partial charge on any atom is 0.255 e. The van der Waals surface area contributed by atoms with Gasteiger partial charge in [0.2, 0.25) is 11.7 Å². The molecule has 0 unspecified atom stereocenters. The largest absolute Gasteiger partial charge is 0.353 e. The third kappa shape index (κ3) is 3.41. The molecule has 8 nitrogen and oxygen atoms in total. The van der Waals surface area contributed by atoms with E-state index in [1.165, 1.54) is 0 Å². The average molecular weight is 362 g/mol. The zero-order chi connectivity index (χ0) is 18.6. The Kier molecular flexibility index (Phi) is 4.61. The third-order valence-electron chi connectivity index (χ3n) is 4.61. The molecule has 1 aromatic heterocycles. The van der Waals surface area contributed by atoms with Gasteiger partial charge in [-0.05, 0) is 16.8 Å². The van der Waals surface area contributed by atoms with E-state index in [-0.39, 0.29) is 11.8 Å². The monoisotopic (exact) mass is 362 g/mol. The summed E-state index contributed by atoms with van der Waals surface area (Å²) in [5.74, 6) is -0.0123. The Morgan fingerprint density at radius 2 is 1.89 bits per heavy atom. The first-order chi connectivity index (χ1) is 13.2. The lowest BCUT2D eigenvalue weighted by Crippen LogP contribution is -2.58. The summed E-state index contributed by atoms with van der Waals surface area (Å²) >= 11 is 0. The summed E-state index contributed by atoms with van der Waals surface area (Å²) in [7, 11) is 0. The number of rotatable bonds is 4. The molecule has 4 rings (SSSR count). The molecule has 1 aliphatic heterocycles. The minimum atomic E-state index is -0.563. The number of tetrazole rings is 1. The molecule has 0 radical (unpaired) electrons. The van der Waals surface area contributed by atoms with E-state index in [1.54, 1.807) is 23.1 Å². The molecule has 3 aromatic rings. The van der Waals surface area contributed by atoms with Gasteiger partial charge in [-0.3, -0.25) is 9.59 Å². The van der Waals surface area contributed by atoms with Gasteiger partial charge in [0.1, 0.15) is 6.04 Å². The summed E-state index contributed by atoms with van der Waals surface area (Å²) in [6.45, 7) is 0.878. The molecular formula is C19H18N6O2. The van der Waals surface area contributed by atoms with Crippen LogP contribution in [0.1, 0.15) is 15.9 Å². The summed E-state index contributed by atoms with van der Waals surface area (Å²) < 4.78 is 0. The predicted molar refractivity (Wildman–Crippen MR) is 97.6 cm³/mol. The number of hydrogen-bond donors (Lipinski definition) is 2. The molecule has 2 heterocycles. The quantitative estimate of drug-likeness (QED) is 0.722. The van der Waals surface area contributed by atoms with Crippen molar-refractivity contribution in [1.82, 2.24) is 30.8 Å². The van der Waals surface area contributed by atoms with Crippen molar-refractivity contribution >= 4 is 11.8 Å². The molecular weight excluding hydrogens is 344 g/mol. The molecule has 0 saturated carbocycles. The van der Waals surface area contributed by atoms with Gasteiger partial charge in [0.05, 0.1) is 5.56 Å². The summed E-state index contributed by atoms with van der Waals surface area (Å²) in [6.07, 6.45) is 0.461. The average Bonchev–Trinajstić information content (AvgIpc) is 3.24. The molecule has 0 aliphatic carbocycles. The second-order valence-electron chi connectivity index (χ2n) is 6.28. The number of carbonyl (C=O) groups excluding carboxylic acids is 2. The number of amides is 2. The Bertz CT molecular complexity index is 942. The van der Waals surface area contributed by atoms with E-state index >= 15 is 0 Å². The van der Waals surface area contributed by atoms with Crippen molar-refractivity contribution < 1.29 is 9.59 Å². The Balaban J connectivity index is 1.66. The van der Waals surface area contributed by atoms with Crippen LogP contribution in [0.25, 0.3) is 11.4 Å². The second kappa shape index (κ2) is 7.36. The minimum absolute atomic E-state index is 0.143. The van der Waals surface area contributed by atoms with Crippen LogP contribution in [0.15, 0.2) is 54.6 Å². The molecule has 2 amide bonds. The van der Waals surface area contributed by atoms with Crippen LogP contribution < -0.4 is 5.32 Å². The van der Waals surface area contributed by atoms with Gasteiger partial charge in [-0.2, -0.15) is 5.21 Å². The van der Waals surface area contributed by atoms with Crippen LogP contribution in [0.5, 0.6) is 0 Å². The smallest absolute Gasteiger partial charge is 0.255 e. The number of aromatic amines is 1. The number of nitrogens with zero attached hydrogens (tertiary/aromatic N) is 4. The van der Waals surface area contributed by atoms with Gasteiger partial charge in [-0.1, -0.05) is 48.5 Å². The molecule has 8 heteroatoms. The summed E-state index contributed by atoms with van der Waals surface area (Å²) in [4.78, 5) is 27.5. The van der Waals surface area contributed by atoms with Crippen molar-refractivity contribution in [2.45, 2.75) is 12.5 Å². The molecule has 1 fully saturated rings. The number of hydrogen-bond acceptors (Lipinski definition) is 5. The number of aromatic nitrogens is 4. The van der Waals surface area contributed by atoms with Crippen molar-refractivity contribution in [2.24, 2.45) is 0 Å². The molecule has 27 heavy (non-hydrogen) atoms. The summed E-state index contributed by atoms with van der Waals surface area (Å²) in [6, 6.07) is 16.2. The lowest BCUT2D eigenvalue weighted by Gasteiger charge is -2.35. The fourth-order valence-electron chi connectivity index (χ4n) is 3.29. The highest BCUT2D eigenvalue weighted by Crippen LogP contribution is 2.23. The first-order valence-electron chi connectivity index (χ1n) is 8.69. The van der Waals surface area contributed by atoms with Gasteiger partial charge in [-0.15, -0.1) is 10.2 Å². The Hall–Kier alpha value is -3.55. The van der Waals surface area contributed by atoms with E-state index in [0.29, 0.717) is 36.5 Å². The summed E-state index contributed by atoms with van der Waals surface area (Å²) in [5.41, 5.74) is 2.04. The number of benzene rings is 2. The van der Waals surface area contributed by atoms with Crippen LogP contribution in [0, 0.1) is 0 Å². The van der Waals surface area contributed by atoms with E-state index in [4.69, 9.17) is 0 Å². The highest BCUT2D eigenvalue weighted by molar-refractivity contribution is 6.02. The molecule has 2 N–H and O–H groups in total. The highest BCUT2D eigenvalue weighted by Gasteiger charge is 2.34. The van der Waals surface area contributed by atoms with E-state index in [1.807, 2.05) is 36.4 Å². The van der Waals surface area contributed by atoms with Gasteiger partial charge in [0.25, 0.3) is 5.91 Å². The van der Waals surface area contributed by atoms with Crippen molar-refractivity contribution in [3.63, 3.8) is 0 Å². The van der Waals surface area contributed by atoms with Crippen LogP contribution in [-0.4, -0.2) is 56.5 Å². The molecule has 0 spiro atoms. The van der Waals surface area contributed by atoms with Crippen LogP contribution in [0.4, 0.5) is 0 Å². The van der Waals surface area contributed by atoms with E-state index in [2.05, 4.69) is 25.9 Å². The molecule has 1 atom stereocenters. The van der Waals surface area contributed by atoms with Crippen molar-refractivity contribution in [1.29, 1.82) is 0 Å². The lowest BCUT2D eigenvalue weighted by molar-refractivity contribution is -0.127. The lowest BCUT2D eigenvalue weighted by atomic mass is 9.99. The normalized spacial score (nSPS) is 16.8. The Morgan fingerprint density at radius 3 is 2.67 bits per heavy atom. The number of nitrogens with one attached hydrogen (secondary N) is 2. The number of piperazine rings is 1. The van der Waals surface area contributed by atoms with Crippen molar-refractivity contribution in [3.8, 4) is 11.4 Å². The minimum Gasteiger partial charge on any atom is -0.353 e. The SMILES string of the molecule is O=C1NCCN(C(=O)c2ccccc2-c2nn[nH]n2)[C@H]1Cc1ccccc1. The van der Waals surface area contributed by atoms with Crippen LogP contribution in [0.3, 0.4) is 0 Å². The Labute approximate surface area is 155 Å². The number of H-pyrrole nitrogens is 1. The van der Waals surface area contributed by atoms with E-state index < -0.39 is 6.04 Å². The molecule has 2 aromatic carbocycles. The van der Waals surface area contributed by atoms with Crippen LogP contribution in [-0.2, 0) is 11.2 Å². The third-order valence-corrected chi connectivity index (χ3v) is 4.61. The fraction of sp³-hybridized carbons (Fsp3) is 0.211. The van der Waals surface area contributed by atoms with Gasteiger partial charge < -0.3 is 10.2 Å². The Morgan fingerprint density at radius 1 is 1.11 bits per heavy atom. The topological polar surface area (TPSA) is 104 Å². The zero-order valence-corrected chi connectivity index (χ0v) is 14.5. The fourth-order valence-corrected chi connectivity index (χ4v) is 3.29. The summed E-state index contributed by atoms with van der Waals surface area (Å²) in [5, 5.41) is 16.8. The van der Waals surface area contributed by atoms with Gasteiger partial charge in [0, 0.05) is 25.1 Å². The van der Waals surface area contributed by atoms with Crippen molar-refractivity contribution in [3.05, 3.63) is 65.7 Å². The maximum atomic E-state index is 13.3. The molecule has 136 valence electrons. The number of carbonyl (C=O) groups is 2. The van der Waals surface area contributed by atoms with Crippen LogP contribution in [0.2, 0.25) is 0 Å². The van der Waals surface area contributed by atoms with Gasteiger partial charge >= 0.3 is 0 Å². The van der Waals surface area contributed by atoms with E-state index in [9.17, 15) is 9.59 Å². The zero-order valence-electron chi connectivity index (χ0n) is 14.5. The van der Waals surface area contributed by atoms with Gasteiger partial charge in [0.15, 0.2) is 0 Å².